The minimum absolute atomic E-state index is 0.0577. The summed E-state index contributed by atoms with van der Waals surface area (Å²) in [6, 6.07) is 10.5. The van der Waals surface area contributed by atoms with Crippen molar-refractivity contribution < 1.29 is 4.79 Å². The monoisotopic (exact) mass is 341 g/mol. The Bertz CT molecular complexity index is 684. The highest BCUT2D eigenvalue weighted by Crippen LogP contribution is 2.14. The Balaban J connectivity index is 1.47. The van der Waals surface area contributed by atoms with Gasteiger partial charge in [-0.15, -0.1) is 0 Å². The third kappa shape index (κ3) is 5.06. The number of benzene rings is 1. The van der Waals surface area contributed by atoms with E-state index in [9.17, 15) is 4.79 Å². The average molecular weight is 341 g/mol. The predicted octanol–water partition coefficient (Wildman–Crippen LogP) is 2.44. The van der Waals surface area contributed by atoms with Crippen LogP contribution in [-0.4, -0.2) is 39.8 Å². The minimum Gasteiger partial charge on any atom is -0.334 e. The van der Waals surface area contributed by atoms with Crippen molar-refractivity contribution in [2.24, 2.45) is 7.05 Å². The van der Waals surface area contributed by atoms with E-state index in [2.05, 4.69) is 44.9 Å². The molecule has 134 valence electrons. The lowest BCUT2D eigenvalue weighted by Gasteiger charge is -2.33. The van der Waals surface area contributed by atoms with Crippen LogP contribution in [0.1, 0.15) is 36.9 Å². The Hall–Kier alpha value is -2.34. The SMILES string of the molecule is C[C@@H](NC(=O)N[C@@H]1CCCN(Cc2ccccc2)C1)c1cnn(C)c1. The molecule has 2 N–H and O–H groups in total. The van der Waals surface area contributed by atoms with E-state index in [1.165, 1.54) is 5.56 Å². The van der Waals surface area contributed by atoms with Gasteiger partial charge in [0.1, 0.15) is 0 Å². The predicted molar refractivity (Wildman–Crippen MR) is 98.0 cm³/mol. The number of aromatic nitrogens is 2. The molecule has 1 fully saturated rings. The quantitative estimate of drug-likeness (QED) is 0.878. The number of urea groups is 1. The Labute approximate surface area is 149 Å². The number of nitrogens with zero attached hydrogens (tertiary/aromatic N) is 3. The molecule has 2 heterocycles. The minimum atomic E-state index is -0.108. The molecule has 0 bridgehead atoms. The topological polar surface area (TPSA) is 62.2 Å². The molecule has 6 heteroatoms. The molecule has 0 spiro atoms. The molecule has 1 aromatic carbocycles. The lowest BCUT2D eigenvalue weighted by Crippen LogP contribution is -2.50. The highest BCUT2D eigenvalue weighted by atomic mass is 16.2. The van der Waals surface area contributed by atoms with Crippen LogP contribution in [0.2, 0.25) is 0 Å². The van der Waals surface area contributed by atoms with Gasteiger partial charge >= 0.3 is 6.03 Å². The second-order valence-electron chi connectivity index (χ2n) is 6.85. The van der Waals surface area contributed by atoms with Gasteiger partial charge in [-0.1, -0.05) is 30.3 Å². The van der Waals surface area contributed by atoms with Crippen LogP contribution >= 0.6 is 0 Å². The smallest absolute Gasteiger partial charge is 0.315 e. The van der Waals surface area contributed by atoms with E-state index in [0.717, 1.165) is 38.0 Å². The van der Waals surface area contributed by atoms with Crippen LogP contribution in [0.25, 0.3) is 0 Å². The Morgan fingerprint density at radius 1 is 1.36 bits per heavy atom. The van der Waals surface area contributed by atoms with Crippen LogP contribution in [0, 0.1) is 0 Å². The summed E-state index contributed by atoms with van der Waals surface area (Å²) in [5.41, 5.74) is 2.32. The molecule has 1 saturated heterocycles. The van der Waals surface area contributed by atoms with Crippen molar-refractivity contribution in [2.45, 2.75) is 38.4 Å². The summed E-state index contributed by atoms with van der Waals surface area (Å²) in [7, 11) is 1.87. The van der Waals surface area contributed by atoms with Crippen molar-refractivity contribution in [1.29, 1.82) is 0 Å². The zero-order valence-electron chi connectivity index (χ0n) is 15.0. The number of rotatable bonds is 5. The number of nitrogens with one attached hydrogen (secondary N) is 2. The maximum Gasteiger partial charge on any atom is 0.315 e. The zero-order valence-corrected chi connectivity index (χ0v) is 15.0. The molecule has 0 aliphatic carbocycles. The molecule has 1 aliphatic rings. The lowest BCUT2D eigenvalue weighted by molar-refractivity contribution is 0.179. The van der Waals surface area contributed by atoms with E-state index >= 15 is 0 Å². The number of carbonyl (C=O) groups is 1. The number of hydrogen-bond donors (Lipinski definition) is 2. The van der Waals surface area contributed by atoms with Gasteiger partial charge in [0.2, 0.25) is 0 Å². The molecule has 2 amide bonds. The fraction of sp³-hybridized carbons (Fsp3) is 0.474. The summed E-state index contributed by atoms with van der Waals surface area (Å²) >= 11 is 0. The van der Waals surface area contributed by atoms with Gasteiger partial charge < -0.3 is 10.6 Å². The number of piperidine rings is 1. The molecule has 1 aliphatic heterocycles. The molecule has 25 heavy (non-hydrogen) atoms. The molecule has 3 rings (SSSR count). The standard InChI is InChI=1S/C19H27N5O/c1-15(17-11-20-23(2)13-17)21-19(25)22-18-9-6-10-24(14-18)12-16-7-4-3-5-8-16/h3-5,7-8,11,13,15,18H,6,9-10,12,14H2,1-2H3,(H2,21,22,25)/t15-,18-/m1/s1. The number of amides is 2. The molecule has 0 unspecified atom stereocenters. The normalized spacial score (nSPS) is 19.4. The molecule has 2 atom stereocenters. The van der Waals surface area contributed by atoms with Crippen molar-refractivity contribution >= 4 is 6.03 Å². The number of likely N-dealkylation sites (tertiary alicyclic amines) is 1. The summed E-state index contributed by atoms with van der Waals surface area (Å²) < 4.78 is 1.74. The van der Waals surface area contributed by atoms with Crippen LogP contribution in [0.15, 0.2) is 42.7 Å². The summed E-state index contributed by atoms with van der Waals surface area (Å²) in [5, 5.41) is 10.3. The Morgan fingerprint density at radius 3 is 2.88 bits per heavy atom. The molecule has 1 aromatic heterocycles. The fourth-order valence-corrected chi connectivity index (χ4v) is 3.33. The summed E-state index contributed by atoms with van der Waals surface area (Å²) in [6.07, 6.45) is 5.84. The van der Waals surface area contributed by atoms with Gasteiger partial charge in [-0.05, 0) is 31.9 Å². The van der Waals surface area contributed by atoms with Gasteiger partial charge in [0.15, 0.2) is 0 Å². The first kappa shape index (κ1) is 17.5. The first-order chi connectivity index (χ1) is 12.1. The maximum atomic E-state index is 12.3. The summed E-state index contributed by atoms with van der Waals surface area (Å²) in [4.78, 5) is 14.7. The van der Waals surface area contributed by atoms with Crippen molar-refractivity contribution in [2.75, 3.05) is 13.1 Å². The maximum absolute atomic E-state index is 12.3. The van der Waals surface area contributed by atoms with Gasteiger partial charge in [-0.3, -0.25) is 9.58 Å². The van der Waals surface area contributed by atoms with Gasteiger partial charge in [0.05, 0.1) is 12.2 Å². The second-order valence-corrected chi connectivity index (χ2v) is 6.85. The van der Waals surface area contributed by atoms with Crippen molar-refractivity contribution in [3.05, 3.63) is 53.9 Å². The van der Waals surface area contributed by atoms with E-state index in [-0.39, 0.29) is 18.1 Å². The first-order valence-electron chi connectivity index (χ1n) is 8.92. The molecule has 0 radical (unpaired) electrons. The number of aryl methyl sites for hydroxylation is 1. The fourth-order valence-electron chi connectivity index (χ4n) is 3.33. The largest absolute Gasteiger partial charge is 0.334 e. The molecule has 6 nitrogen and oxygen atoms in total. The van der Waals surface area contributed by atoms with Crippen molar-refractivity contribution in [3.8, 4) is 0 Å². The van der Waals surface area contributed by atoms with Crippen LogP contribution in [0.5, 0.6) is 0 Å². The van der Waals surface area contributed by atoms with E-state index in [4.69, 9.17) is 0 Å². The van der Waals surface area contributed by atoms with Crippen LogP contribution in [-0.2, 0) is 13.6 Å². The average Bonchev–Trinajstić information content (AvgIpc) is 3.02. The molecule has 2 aromatic rings. The highest BCUT2D eigenvalue weighted by molar-refractivity contribution is 5.74. The van der Waals surface area contributed by atoms with Gasteiger partial charge in [-0.25, -0.2) is 4.79 Å². The molecule has 0 saturated carbocycles. The first-order valence-corrected chi connectivity index (χ1v) is 8.92. The van der Waals surface area contributed by atoms with Gasteiger partial charge in [0, 0.05) is 37.9 Å². The summed E-state index contributed by atoms with van der Waals surface area (Å²) in [6.45, 7) is 4.89. The van der Waals surface area contributed by atoms with Crippen LogP contribution in [0.3, 0.4) is 0 Å². The van der Waals surface area contributed by atoms with E-state index < -0.39 is 0 Å². The number of hydrogen-bond acceptors (Lipinski definition) is 3. The van der Waals surface area contributed by atoms with E-state index in [0.29, 0.717) is 0 Å². The van der Waals surface area contributed by atoms with Crippen molar-refractivity contribution in [1.82, 2.24) is 25.3 Å². The van der Waals surface area contributed by atoms with Crippen LogP contribution in [0.4, 0.5) is 4.79 Å². The van der Waals surface area contributed by atoms with E-state index in [1.807, 2.05) is 26.2 Å². The zero-order chi connectivity index (χ0) is 17.6. The third-order valence-corrected chi connectivity index (χ3v) is 4.66. The van der Waals surface area contributed by atoms with Crippen LogP contribution < -0.4 is 10.6 Å². The van der Waals surface area contributed by atoms with Crippen molar-refractivity contribution in [3.63, 3.8) is 0 Å². The third-order valence-electron chi connectivity index (χ3n) is 4.66. The Kier molecular flexibility index (Phi) is 5.71. The molecular formula is C19H27N5O. The summed E-state index contributed by atoms with van der Waals surface area (Å²) in [5.74, 6) is 0. The van der Waals surface area contributed by atoms with E-state index in [1.54, 1.807) is 10.9 Å². The van der Waals surface area contributed by atoms with Gasteiger partial charge in [0.25, 0.3) is 0 Å². The Morgan fingerprint density at radius 2 is 2.16 bits per heavy atom. The lowest BCUT2D eigenvalue weighted by atomic mass is 10.0. The number of carbonyl (C=O) groups excluding carboxylic acids is 1. The second kappa shape index (κ2) is 8.16. The highest BCUT2D eigenvalue weighted by Gasteiger charge is 2.22. The molecular weight excluding hydrogens is 314 g/mol. The van der Waals surface area contributed by atoms with Gasteiger partial charge in [-0.2, -0.15) is 5.10 Å².